The summed E-state index contributed by atoms with van der Waals surface area (Å²) in [5, 5.41) is 2.80. The molecule has 0 bridgehead atoms. The summed E-state index contributed by atoms with van der Waals surface area (Å²) in [5.74, 6) is -0.145. The van der Waals surface area contributed by atoms with Crippen LogP contribution in [0.15, 0.2) is 0 Å². The maximum Gasteiger partial charge on any atom is 0.239 e. The second kappa shape index (κ2) is 8.41. The van der Waals surface area contributed by atoms with Crippen molar-refractivity contribution in [2.24, 2.45) is 5.73 Å². The number of rotatable bonds is 7. The summed E-state index contributed by atoms with van der Waals surface area (Å²) in [7, 11) is 1.53. The Morgan fingerprint density at radius 1 is 1.53 bits per heavy atom. The minimum atomic E-state index is -0.566. The normalized spacial score (nSPS) is 18.9. The van der Waals surface area contributed by atoms with E-state index in [0.29, 0.717) is 6.54 Å². The number of morpholine rings is 1. The van der Waals surface area contributed by atoms with Crippen molar-refractivity contribution in [3.63, 3.8) is 0 Å². The number of carbonyl (C=O) groups excluding carboxylic acids is 1. The van der Waals surface area contributed by atoms with Crippen LogP contribution in [0.2, 0.25) is 0 Å². The fourth-order valence-electron chi connectivity index (χ4n) is 1.73. The number of hydrogen-bond acceptors (Lipinski definition) is 5. The number of carbonyl (C=O) groups is 1. The smallest absolute Gasteiger partial charge is 0.239 e. The first kappa shape index (κ1) is 14.4. The van der Waals surface area contributed by atoms with Crippen molar-refractivity contribution in [3.8, 4) is 0 Å². The van der Waals surface area contributed by atoms with Crippen LogP contribution in [0.3, 0.4) is 0 Å². The topological polar surface area (TPSA) is 76.8 Å². The molecule has 0 aromatic heterocycles. The molecule has 1 heterocycles. The van der Waals surface area contributed by atoms with Gasteiger partial charge in [-0.15, -0.1) is 0 Å². The van der Waals surface area contributed by atoms with Crippen molar-refractivity contribution in [3.05, 3.63) is 0 Å². The van der Waals surface area contributed by atoms with Crippen LogP contribution in [-0.2, 0) is 14.3 Å². The zero-order valence-corrected chi connectivity index (χ0v) is 10.5. The van der Waals surface area contributed by atoms with Crippen molar-refractivity contribution in [1.29, 1.82) is 0 Å². The van der Waals surface area contributed by atoms with Gasteiger partial charge >= 0.3 is 0 Å². The first-order valence-corrected chi connectivity index (χ1v) is 6.06. The Labute approximate surface area is 102 Å². The molecule has 0 spiro atoms. The molecule has 17 heavy (non-hydrogen) atoms. The van der Waals surface area contributed by atoms with Crippen molar-refractivity contribution < 1.29 is 14.3 Å². The van der Waals surface area contributed by atoms with Crippen molar-refractivity contribution in [1.82, 2.24) is 10.2 Å². The molecular formula is C11H23N3O3. The first-order chi connectivity index (χ1) is 8.24. The number of nitrogens with two attached hydrogens (primary N) is 1. The largest absolute Gasteiger partial charge is 0.383 e. The number of ether oxygens (including phenoxy) is 2. The zero-order chi connectivity index (χ0) is 12.5. The van der Waals surface area contributed by atoms with E-state index in [9.17, 15) is 4.79 Å². The van der Waals surface area contributed by atoms with E-state index < -0.39 is 6.04 Å². The minimum Gasteiger partial charge on any atom is -0.383 e. The van der Waals surface area contributed by atoms with E-state index in [1.807, 2.05) is 0 Å². The Hall–Kier alpha value is -0.690. The van der Waals surface area contributed by atoms with E-state index in [0.717, 1.165) is 39.3 Å². The van der Waals surface area contributed by atoms with E-state index in [1.165, 1.54) is 7.11 Å². The molecule has 0 radical (unpaired) electrons. The van der Waals surface area contributed by atoms with Crippen LogP contribution >= 0.6 is 0 Å². The molecule has 1 rings (SSSR count). The number of methoxy groups -OCH3 is 1. The van der Waals surface area contributed by atoms with Crippen molar-refractivity contribution in [2.45, 2.75) is 12.5 Å². The molecule has 0 saturated carbocycles. The summed E-state index contributed by atoms with van der Waals surface area (Å²) >= 11 is 0. The molecule has 3 N–H and O–H groups in total. The van der Waals surface area contributed by atoms with Gasteiger partial charge in [-0.3, -0.25) is 9.69 Å². The number of nitrogens with one attached hydrogen (secondary N) is 1. The molecule has 6 nitrogen and oxygen atoms in total. The Bertz CT molecular complexity index is 220. The fourth-order valence-corrected chi connectivity index (χ4v) is 1.73. The van der Waals surface area contributed by atoms with Crippen LogP contribution in [0, 0.1) is 0 Å². The SMILES string of the molecule is COCC(N)C(=O)NCCCN1CCOCC1. The van der Waals surface area contributed by atoms with Gasteiger partial charge in [-0.1, -0.05) is 0 Å². The molecule has 0 aromatic rings. The third kappa shape index (κ3) is 5.97. The second-order valence-electron chi connectivity index (χ2n) is 4.16. The lowest BCUT2D eigenvalue weighted by atomic mass is 10.3. The Balaban J connectivity index is 2.01. The van der Waals surface area contributed by atoms with Crippen molar-refractivity contribution >= 4 is 5.91 Å². The number of amides is 1. The van der Waals surface area contributed by atoms with Gasteiger partial charge < -0.3 is 20.5 Å². The fraction of sp³-hybridized carbons (Fsp3) is 0.909. The van der Waals surface area contributed by atoms with Crippen LogP contribution in [0.5, 0.6) is 0 Å². The quantitative estimate of drug-likeness (QED) is 0.551. The van der Waals surface area contributed by atoms with Gasteiger partial charge in [0.1, 0.15) is 6.04 Å². The number of hydrogen-bond donors (Lipinski definition) is 2. The van der Waals surface area contributed by atoms with Gasteiger partial charge in [0.25, 0.3) is 0 Å². The molecule has 1 aliphatic heterocycles. The minimum absolute atomic E-state index is 0.145. The molecule has 1 unspecified atom stereocenters. The van der Waals surface area contributed by atoms with Crippen LogP contribution in [0.1, 0.15) is 6.42 Å². The van der Waals surface area contributed by atoms with Crippen LogP contribution in [-0.4, -0.2) is 70.0 Å². The molecule has 1 saturated heterocycles. The lowest BCUT2D eigenvalue weighted by molar-refractivity contribution is -0.123. The Morgan fingerprint density at radius 3 is 2.88 bits per heavy atom. The summed E-state index contributed by atoms with van der Waals surface area (Å²) in [6, 6.07) is -0.566. The second-order valence-corrected chi connectivity index (χ2v) is 4.16. The Kier molecular flexibility index (Phi) is 7.11. The molecule has 6 heteroatoms. The van der Waals surface area contributed by atoms with E-state index in [-0.39, 0.29) is 12.5 Å². The van der Waals surface area contributed by atoms with Gasteiger partial charge in [-0.2, -0.15) is 0 Å². The highest BCUT2D eigenvalue weighted by atomic mass is 16.5. The van der Waals surface area contributed by atoms with Crippen LogP contribution in [0.25, 0.3) is 0 Å². The standard InChI is InChI=1S/C11H23N3O3/c1-16-9-10(12)11(15)13-3-2-4-14-5-7-17-8-6-14/h10H,2-9,12H2,1H3,(H,13,15). The lowest BCUT2D eigenvalue weighted by Crippen LogP contribution is -2.44. The molecule has 100 valence electrons. The summed E-state index contributed by atoms with van der Waals surface area (Å²) < 4.78 is 10.1. The molecule has 1 aliphatic rings. The zero-order valence-electron chi connectivity index (χ0n) is 10.5. The molecule has 1 fully saturated rings. The lowest BCUT2D eigenvalue weighted by Gasteiger charge is -2.26. The van der Waals surface area contributed by atoms with Gasteiger partial charge in [0.2, 0.25) is 5.91 Å². The monoisotopic (exact) mass is 245 g/mol. The molecule has 0 aliphatic carbocycles. The van der Waals surface area contributed by atoms with Gasteiger partial charge in [0, 0.05) is 26.7 Å². The van der Waals surface area contributed by atoms with E-state index in [1.54, 1.807) is 0 Å². The first-order valence-electron chi connectivity index (χ1n) is 6.06. The summed E-state index contributed by atoms with van der Waals surface area (Å²) in [6.45, 7) is 5.50. The summed E-state index contributed by atoms with van der Waals surface area (Å²) in [6.07, 6.45) is 0.936. The molecule has 1 amide bonds. The maximum atomic E-state index is 11.4. The number of nitrogens with zero attached hydrogens (tertiary/aromatic N) is 1. The van der Waals surface area contributed by atoms with Crippen LogP contribution in [0.4, 0.5) is 0 Å². The predicted octanol–water partition coefficient (Wildman–Crippen LogP) is -1.20. The third-order valence-electron chi connectivity index (χ3n) is 2.74. The average molecular weight is 245 g/mol. The third-order valence-corrected chi connectivity index (χ3v) is 2.74. The maximum absolute atomic E-state index is 11.4. The molecular weight excluding hydrogens is 222 g/mol. The summed E-state index contributed by atoms with van der Waals surface area (Å²) in [5.41, 5.74) is 5.59. The van der Waals surface area contributed by atoms with Gasteiger partial charge in [0.15, 0.2) is 0 Å². The van der Waals surface area contributed by atoms with Gasteiger partial charge in [-0.05, 0) is 13.0 Å². The van der Waals surface area contributed by atoms with Gasteiger partial charge in [0.05, 0.1) is 19.8 Å². The highest BCUT2D eigenvalue weighted by molar-refractivity contribution is 5.81. The van der Waals surface area contributed by atoms with Crippen molar-refractivity contribution in [2.75, 3.05) is 53.1 Å². The summed E-state index contributed by atoms with van der Waals surface area (Å²) in [4.78, 5) is 13.8. The molecule has 0 aromatic carbocycles. The highest BCUT2D eigenvalue weighted by Crippen LogP contribution is 1.97. The van der Waals surface area contributed by atoms with Crippen LogP contribution < -0.4 is 11.1 Å². The van der Waals surface area contributed by atoms with E-state index in [2.05, 4.69) is 10.2 Å². The van der Waals surface area contributed by atoms with E-state index >= 15 is 0 Å². The van der Waals surface area contributed by atoms with E-state index in [4.69, 9.17) is 15.2 Å². The van der Waals surface area contributed by atoms with Gasteiger partial charge in [-0.25, -0.2) is 0 Å². The highest BCUT2D eigenvalue weighted by Gasteiger charge is 2.13. The predicted molar refractivity (Wildman–Crippen MR) is 64.7 cm³/mol. The molecule has 1 atom stereocenters. The Morgan fingerprint density at radius 2 is 2.24 bits per heavy atom. The average Bonchev–Trinajstić information content (AvgIpc) is 2.36.